The first-order valence-electron chi connectivity index (χ1n) is 5.52. The number of halogens is 3. The number of aliphatic hydroxyl groups excluding tert-OH is 1. The number of carbonyl (C=O) groups is 1. The molecule has 0 bridgehead atoms. The van der Waals surface area contributed by atoms with Crippen LogP contribution in [0.2, 0.25) is 0 Å². The predicted molar refractivity (Wildman–Crippen MR) is 66.8 cm³/mol. The van der Waals surface area contributed by atoms with Crippen LogP contribution in [0.3, 0.4) is 0 Å². The van der Waals surface area contributed by atoms with Gasteiger partial charge in [0.05, 0.1) is 5.56 Å². The van der Waals surface area contributed by atoms with Crippen LogP contribution in [0.5, 0.6) is 0 Å². The molecular weight excluding hydrogens is 263 g/mol. The van der Waals surface area contributed by atoms with Crippen LogP contribution in [0.1, 0.15) is 32.0 Å². The summed E-state index contributed by atoms with van der Waals surface area (Å²) in [5.74, 6) is 0. The summed E-state index contributed by atoms with van der Waals surface area (Å²) in [6.07, 6.45) is -3.45. The Morgan fingerprint density at radius 1 is 1.32 bits per heavy atom. The van der Waals surface area contributed by atoms with Gasteiger partial charge in [-0.25, -0.2) is 0 Å². The average molecular weight is 283 g/mol. The van der Waals surface area contributed by atoms with Crippen molar-refractivity contribution in [1.82, 2.24) is 4.98 Å². The maximum Gasteiger partial charge on any atom is 0.417 e. The molecule has 0 unspecified atom stereocenters. The van der Waals surface area contributed by atoms with E-state index in [9.17, 15) is 13.2 Å². The predicted octanol–water partition coefficient (Wildman–Crippen LogP) is 3.13. The molecule has 0 aromatic carbocycles. The first-order chi connectivity index (χ1) is 8.83. The van der Waals surface area contributed by atoms with Crippen molar-refractivity contribution < 1.29 is 28.2 Å². The Labute approximate surface area is 110 Å². The van der Waals surface area contributed by atoms with Crippen LogP contribution < -0.4 is 0 Å². The molecule has 0 atom stereocenters. The van der Waals surface area contributed by atoms with Crippen molar-refractivity contribution in [3.63, 3.8) is 0 Å². The highest BCUT2D eigenvalue weighted by Gasteiger charge is 2.30. The summed E-state index contributed by atoms with van der Waals surface area (Å²) in [6.45, 7) is 7.32. The third-order valence-corrected chi connectivity index (χ3v) is 1.24. The summed E-state index contributed by atoms with van der Waals surface area (Å²) in [4.78, 5) is 11.9. The van der Waals surface area contributed by atoms with Gasteiger partial charge < -0.3 is 10.2 Å². The van der Waals surface area contributed by atoms with Gasteiger partial charge in [-0.3, -0.25) is 9.78 Å². The maximum atomic E-state index is 11.9. The Kier molecular flexibility index (Phi) is 17.1. The van der Waals surface area contributed by atoms with Crippen LogP contribution >= 0.6 is 0 Å². The molecule has 0 saturated carbocycles. The van der Waals surface area contributed by atoms with Crippen molar-refractivity contribution >= 4 is 6.47 Å². The largest absolute Gasteiger partial charge is 0.483 e. The van der Waals surface area contributed by atoms with E-state index in [2.05, 4.69) is 4.98 Å². The molecule has 0 amide bonds. The zero-order valence-corrected chi connectivity index (χ0v) is 11.4. The molecule has 2 N–H and O–H groups in total. The lowest BCUT2D eigenvalue weighted by Crippen LogP contribution is -2.05. The number of hydrogen-bond acceptors (Lipinski definition) is 3. The van der Waals surface area contributed by atoms with Crippen molar-refractivity contribution in [2.45, 2.75) is 33.9 Å². The maximum absolute atomic E-state index is 11.9. The Morgan fingerprint density at radius 2 is 1.68 bits per heavy atom. The third kappa shape index (κ3) is 16.4. The second kappa shape index (κ2) is 14.4. The molecule has 0 aliphatic rings. The van der Waals surface area contributed by atoms with Crippen LogP contribution in [0.4, 0.5) is 13.2 Å². The highest BCUT2D eigenvalue weighted by Crippen LogP contribution is 2.28. The molecule has 0 spiro atoms. The first-order valence-corrected chi connectivity index (χ1v) is 5.52. The van der Waals surface area contributed by atoms with E-state index in [1.165, 1.54) is 6.07 Å². The van der Waals surface area contributed by atoms with Gasteiger partial charge in [0.2, 0.25) is 0 Å². The summed E-state index contributed by atoms with van der Waals surface area (Å²) in [6, 6.07) is 2.35. The molecule has 1 aromatic rings. The molecule has 7 heteroatoms. The molecule has 0 radical (unpaired) electrons. The summed E-state index contributed by atoms with van der Waals surface area (Å²) >= 11 is 0. The van der Waals surface area contributed by atoms with Gasteiger partial charge in [0.15, 0.2) is 0 Å². The van der Waals surface area contributed by atoms with Gasteiger partial charge in [-0.05, 0) is 26.0 Å². The lowest BCUT2D eigenvalue weighted by Gasteiger charge is -2.04. The summed E-state index contributed by atoms with van der Waals surface area (Å²) < 4.78 is 35.6. The number of hydrogen-bond donors (Lipinski definition) is 2. The molecule has 0 fully saturated rings. The Hall–Kier alpha value is -1.63. The second-order valence-corrected chi connectivity index (χ2v) is 2.61. The van der Waals surface area contributed by atoms with Crippen molar-refractivity contribution in [2.24, 2.45) is 0 Å². The number of pyridine rings is 1. The van der Waals surface area contributed by atoms with Crippen LogP contribution in [0.15, 0.2) is 18.3 Å². The van der Waals surface area contributed by atoms with E-state index in [-0.39, 0.29) is 13.1 Å². The highest BCUT2D eigenvalue weighted by molar-refractivity contribution is 5.32. The van der Waals surface area contributed by atoms with Gasteiger partial charge in [-0.1, -0.05) is 13.8 Å². The molecule has 19 heavy (non-hydrogen) atoms. The van der Waals surface area contributed by atoms with Crippen molar-refractivity contribution in [2.75, 3.05) is 6.61 Å². The number of aromatic nitrogens is 1. The normalized spacial score (nSPS) is 8.63. The minimum Gasteiger partial charge on any atom is -0.483 e. The second-order valence-electron chi connectivity index (χ2n) is 2.61. The van der Waals surface area contributed by atoms with Crippen molar-refractivity contribution in [1.29, 1.82) is 0 Å². The fourth-order valence-electron chi connectivity index (χ4n) is 0.635. The third-order valence-electron chi connectivity index (χ3n) is 1.24. The Balaban J connectivity index is -0.000000269. The Bertz CT molecular complexity index is 300. The van der Waals surface area contributed by atoms with Crippen LogP contribution in [-0.2, 0) is 11.0 Å². The average Bonchev–Trinajstić information content (AvgIpc) is 2.33. The SMILES string of the molecule is CC.CCO.Cc1ccc(C(F)(F)F)cn1.O=CO. The zero-order chi connectivity index (χ0) is 15.9. The molecule has 0 aliphatic carbocycles. The first kappa shape index (κ1) is 22.5. The minimum atomic E-state index is -4.28. The highest BCUT2D eigenvalue weighted by atomic mass is 19.4. The van der Waals surface area contributed by atoms with E-state index >= 15 is 0 Å². The lowest BCUT2D eigenvalue weighted by molar-refractivity contribution is -0.137. The lowest BCUT2D eigenvalue weighted by atomic mass is 10.2. The van der Waals surface area contributed by atoms with E-state index in [1.54, 1.807) is 13.8 Å². The van der Waals surface area contributed by atoms with E-state index < -0.39 is 11.7 Å². The van der Waals surface area contributed by atoms with Gasteiger partial charge in [0.25, 0.3) is 6.47 Å². The van der Waals surface area contributed by atoms with Gasteiger partial charge in [-0.2, -0.15) is 13.2 Å². The molecule has 0 saturated heterocycles. The molecule has 4 nitrogen and oxygen atoms in total. The number of carboxylic acid groups (broad SMARTS) is 1. The molecule has 0 aliphatic heterocycles. The summed E-state index contributed by atoms with van der Waals surface area (Å²) in [5.41, 5.74) is -0.124. The molecule has 1 heterocycles. The number of alkyl halides is 3. The van der Waals surface area contributed by atoms with E-state index in [0.717, 1.165) is 12.3 Å². The molecule has 1 aromatic heterocycles. The van der Waals surface area contributed by atoms with E-state index in [0.29, 0.717) is 5.69 Å². The number of rotatable bonds is 0. The molecule has 112 valence electrons. The monoisotopic (exact) mass is 283 g/mol. The number of aliphatic hydroxyl groups is 1. The summed E-state index contributed by atoms with van der Waals surface area (Å²) in [7, 11) is 0. The van der Waals surface area contributed by atoms with Gasteiger partial charge in [-0.15, -0.1) is 0 Å². The van der Waals surface area contributed by atoms with Gasteiger partial charge in [0, 0.05) is 18.5 Å². The van der Waals surface area contributed by atoms with Crippen molar-refractivity contribution in [3.05, 3.63) is 29.6 Å². The van der Waals surface area contributed by atoms with E-state index in [4.69, 9.17) is 15.0 Å². The number of nitrogens with zero attached hydrogens (tertiary/aromatic N) is 1. The van der Waals surface area contributed by atoms with Crippen LogP contribution in [-0.4, -0.2) is 28.3 Å². The van der Waals surface area contributed by atoms with Gasteiger partial charge >= 0.3 is 6.18 Å². The quantitative estimate of drug-likeness (QED) is 0.718. The fourth-order valence-corrected chi connectivity index (χ4v) is 0.635. The molecular formula is C12H20F3NO3. The number of aryl methyl sites for hydroxylation is 1. The van der Waals surface area contributed by atoms with Gasteiger partial charge in [0.1, 0.15) is 0 Å². The fraction of sp³-hybridized carbons (Fsp3) is 0.500. The van der Waals surface area contributed by atoms with Crippen LogP contribution in [0.25, 0.3) is 0 Å². The standard InChI is InChI=1S/C7H6F3N.C2H6O.C2H6.CH2O2/c1-5-2-3-6(4-11-5)7(8,9)10;1-2-3;1-2;2-1-3/h2-4H,1H3;3H,2H2,1H3;1-2H3;1H,(H,2,3). The molecule has 1 rings (SSSR count). The van der Waals surface area contributed by atoms with Crippen molar-refractivity contribution in [3.8, 4) is 0 Å². The van der Waals surface area contributed by atoms with E-state index in [1.807, 2.05) is 13.8 Å². The topological polar surface area (TPSA) is 70.4 Å². The summed E-state index contributed by atoms with van der Waals surface area (Å²) in [5, 5.41) is 14.5. The van der Waals surface area contributed by atoms with Crippen LogP contribution in [0, 0.1) is 6.92 Å². The Morgan fingerprint density at radius 3 is 1.89 bits per heavy atom. The zero-order valence-electron chi connectivity index (χ0n) is 11.4. The smallest absolute Gasteiger partial charge is 0.417 e. The minimum absolute atomic E-state index is 0.250.